The van der Waals surface area contributed by atoms with Crippen molar-refractivity contribution in [1.82, 2.24) is 10.3 Å². The Bertz CT molecular complexity index is 569. The normalized spacial score (nSPS) is 10.4. The van der Waals surface area contributed by atoms with Crippen LogP contribution >= 0.6 is 0 Å². The van der Waals surface area contributed by atoms with E-state index in [9.17, 15) is 9.18 Å². The summed E-state index contributed by atoms with van der Waals surface area (Å²) in [7, 11) is 0. The van der Waals surface area contributed by atoms with E-state index in [4.69, 9.17) is 10.2 Å². The first-order valence-electron chi connectivity index (χ1n) is 5.87. The molecule has 0 fully saturated rings. The summed E-state index contributed by atoms with van der Waals surface area (Å²) in [5.74, 6) is -0.331. The molecule has 0 aliphatic rings. The standard InChI is InChI=1S/C13H14FN3O2/c14-10-4-2-1-3-9(10)5-6-16-13(18)11-8-19-12(7-15)17-11/h1-4,8H,5-7,15H2,(H,16,18). The molecule has 0 unspecified atom stereocenters. The Hall–Kier alpha value is -2.21. The fourth-order valence-corrected chi connectivity index (χ4v) is 1.61. The Labute approximate surface area is 109 Å². The molecule has 0 aliphatic heterocycles. The average Bonchev–Trinajstić information content (AvgIpc) is 2.90. The van der Waals surface area contributed by atoms with E-state index < -0.39 is 0 Å². The molecule has 1 aromatic heterocycles. The number of carbonyl (C=O) groups is 1. The maximum atomic E-state index is 13.3. The van der Waals surface area contributed by atoms with Gasteiger partial charge in [-0.3, -0.25) is 4.79 Å². The smallest absolute Gasteiger partial charge is 0.273 e. The molecule has 2 aromatic rings. The topological polar surface area (TPSA) is 81.1 Å². The maximum Gasteiger partial charge on any atom is 0.273 e. The molecule has 0 bridgehead atoms. The summed E-state index contributed by atoms with van der Waals surface area (Å²) in [4.78, 5) is 15.6. The van der Waals surface area contributed by atoms with Gasteiger partial charge in [0.2, 0.25) is 5.89 Å². The average molecular weight is 263 g/mol. The van der Waals surface area contributed by atoms with Crippen molar-refractivity contribution in [2.45, 2.75) is 13.0 Å². The molecule has 0 spiro atoms. The van der Waals surface area contributed by atoms with Crippen molar-refractivity contribution in [3.8, 4) is 0 Å². The van der Waals surface area contributed by atoms with E-state index in [2.05, 4.69) is 10.3 Å². The molecule has 0 saturated heterocycles. The lowest BCUT2D eigenvalue weighted by atomic mass is 10.1. The van der Waals surface area contributed by atoms with Crippen molar-refractivity contribution in [2.75, 3.05) is 6.54 Å². The minimum Gasteiger partial charge on any atom is -0.447 e. The van der Waals surface area contributed by atoms with Crippen LogP contribution in [0.25, 0.3) is 0 Å². The number of hydrogen-bond acceptors (Lipinski definition) is 4. The lowest BCUT2D eigenvalue weighted by Gasteiger charge is -2.04. The number of amides is 1. The van der Waals surface area contributed by atoms with Gasteiger partial charge in [0, 0.05) is 6.54 Å². The number of hydrogen-bond donors (Lipinski definition) is 2. The highest BCUT2D eigenvalue weighted by atomic mass is 19.1. The van der Waals surface area contributed by atoms with Gasteiger partial charge in [-0.25, -0.2) is 9.37 Å². The van der Waals surface area contributed by atoms with Crippen LogP contribution in [0.4, 0.5) is 4.39 Å². The van der Waals surface area contributed by atoms with Crippen molar-refractivity contribution in [3.63, 3.8) is 0 Å². The van der Waals surface area contributed by atoms with E-state index in [0.29, 0.717) is 24.4 Å². The second kappa shape index (κ2) is 6.10. The van der Waals surface area contributed by atoms with Crippen LogP contribution in [0, 0.1) is 5.82 Å². The Balaban J connectivity index is 1.86. The molecule has 3 N–H and O–H groups in total. The summed E-state index contributed by atoms with van der Waals surface area (Å²) in [5, 5.41) is 2.64. The van der Waals surface area contributed by atoms with Gasteiger partial charge < -0.3 is 15.5 Å². The third-order valence-electron chi connectivity index (χ3n) is 2.60. The Morgan fingerprint density at radius 3 is 2.89 bits per heavy atom. The van der Waals surface area contributed by atoms with Gasteiger partial charge in [0.15, 0.2) is 5.69 Å². The third kappa shape index (κ3) is 3.38. The fourth-order valence-electron chi connectivity index (χ4n) is 1.61. The SMILES string of the molecule is NCc1nc(C(=O)NCCc2ccccc2F)co1. The minimum atomic E-state index is -0.361. The van der Waals surface area contributed by atoms with Crippen LogP contribution in [-0.4, -0.2) is 17.4 Å². The zero-order valence-electron chi connectivity index (χ0n) is 10.2. The van der Waals surface area contributed by atoms with Crippen molar-refractivity contribution in [2.24, 2.45) is 5.73 Å². The minimum absolute atomic E-state index is 0.141. The van der Waals surface area contributed by atoms with Gasteiger partial charge >= 0.3 is 0 Å². The fraction of sp³-hybridized carbons (Fsp3) is 0.231. The number of carbonyl (C=O) groups excluding carboxylic acids is 1. The van der Waals surface area contributed by atoms with Crippen LogP contribution in [-0.2, 0) is 13.0 Å². The monoisotopic (exact) mass is 263 g/mol. The lowest BCUT2D eigenvalue weighted by Crippen LogP contribution is -2.26. The number of halogens is 1. The first kappa shape index (κ1) is 13.2. The van der Waals surface area contributed by atoms with Gasteiger partial charge in [-0.15, -0.1) is 0 Å². The van der Waals surface area contributed by atoms with Crippen LogP contribution in [0.3, 0.4) is 0 Å². The maximum absolute atomic E-state index is 13.3. The van der Waals surface area contributed by atoms with Gasteiger partial charge in [0.05, 0.1) is 6.54 Å². The zero-order valence-corrected chi connectivity index (χ0v) is 10.2. The molecule has 6 heteroatoms. The largest absolute Gasteiger partial charge is 0.447 e. The second-order valence-corrected chi connectivity index (χ2v) is 3.93. The Morgan fingerprint density at radius 1 is 1.42 bits per heavy atom. The lowest BCUT2D eigenvalue weighted by molar-refractivity contribution is 0.0949. The first-order chi connectivity index (χ1) is 9.20. The van der Waals surface area contributed by atoms with Crippen molar-refractivity contribution in [3.05, 3.63) is 53.5 Å². The quantitative estimate of drug-likeness (QED) is 0.850. The van der Waals surface area contributed by atoms with E-state index in [0.717, 1.165) is 0 Å². The number of rotatable bonds is 5. The van der Waals surface area contributed by atoms with Crippen LogP contribution in [0.5, 0.6) is 0 Å². The van der Waals surface area contributed by atoms with Crippen molar-refractivity contribution in [1.29, 1.82) is 0 Å². The van der Waals surface area contributed by atoms with Crippen LogP contribution in [0.2, 0.25) is 0 Å². The predicted molar refractivity (Wildman–Crippen MR) is 66.8 cm³/mol. The molecule has 5 nitrogen and oxygen atoms in total. The Kier molecular flexibility index (Phi) is 4.25. The van der Waals surface area contributed by atoms with Gasteiger partial charge in [-0.05, 0) is 18.1 Å². The molecule has 1 amide bonds. The molecule has 2 rings (SSSR count). The highest BCUT2D eigenvalue weighted by Crippen LogP contribution is 2.06. The van der Waals surface area contributed by atoms with E-state index >= 15 is 0 Å². The van der Waals surface area contributed by atoms with Gasteiger partial charge in [-0.1, -0.05) is 18.2 Å². The molecule has 100 valence electrons. The molecule has 0 atom stereocenters. The van der Waals surface area contributed by atoms with E-state index in [1.165, 1.54) is 12.3 Å². The third-order valence-corrected chi connectivity index (χ3v) is 2.60. The van der Waals surface area contributed by atoms with Crippen molar-refractivity contribution >= 4 is 5.91 Å². The molecular weight excluding hydrogens is 249 g/mol. The summed E-state index contributed by atoms with van der Waals surface area (Å²) in [6.45, 7) is 0.465. The summed E-state index contributed by atoms with van der Waals surface area (Å²) in [5.41, 5.74) is 6.06. The van der Waals surface area contributed by atoms with Gasteiger partial charge in [-0.2, -0.15) is 0 Å². The molecule has 1 heterocycles. The number of aromatic nitrogens is 1. The first-order valence-corrected chi connectivity index (χ1v) is 5.87. The molecule has 0 aliphatic carbocycles. The molecular formula is C13H14FN3O2. The number of nitrogens with zero attached hydrogens (tertiary/aromatic N) is 1. The highest BCUT2D eigenvalue weighted by Gasteiger charge is 2.11. The second-order valence-electron chi connectivity index (χ2n) is 3.93. The zero-order chi connectivity index (χ0) is 13.7. The van der Waals surface area contributed by atoms with E-state index in [1.807, 2.05) is 0 Å². The number of nitrogens with two attached hydrogens (primary N) is 1. The number of nitrogens with one attached hydrogen (secondary N) is 1. The summed E-state index contributed by atoms with van der Waals surface area (Å²) in [6.07, 6.45) is 1.67. The van der Waals surface area contributed by atoms with E-state index in [1.54, 1.807) is 18.2 Å². The molecule has 1 aromatic carbocycles. The number of oxazole rings is 1. The van der Waals surface area contributed by atoms with Crippen LogP contribution in [0.1, 0.15) is 21.9 Å². The summed E-state index contributed by atoms with van der Waals surface area (Å²) >= 11 is 0. The molecule has 0 saturated carbocycles. The number of benzene rings is 1. The van der Waals surface area contributed by atoms with Crippen molar-refractivity contribution < 1.29 is 13.6 Å². The molecule has 19 heavy (non-hydrogen) atoms. The summed E-state index contributed by atoms with van der Waals surface area (Å²) < 4.78 is 18.3. The van der Waals surface area contributed by atoms with Gasteiger partial charge in [0.1, 0.15) is 12.1 Å². The Morgan fingerprint density at radius 2 is 2.21 bits per heavy atom. The highest BCUT2D eigenvalue weighted by molar-refractivity contribution is 5.91. The molecule has 0 radical (unpaired) electrons. The predicted octanol–water partition coefficient (Wildman–Crippen LogP) is 1.24. The van der Waals surface area contributed by atoms with Crippen LogP contribution < -0.4 is 11.1 Å². The van der Waals surface area contributed by atoms with Crippen LogP contribution in [0.15, 0.2) is 34.9 Å². The van der Waals surface area contributed by atoms with Gasteiger partial charge in [0.25, 0.3) is 5.91 Å². The van der Waals surface area contributed by atoms with E-state index in [-0.39, 0.29) is 24.0 Å². The summed E-state index contributed by atoms with van der Waals surface area (Å²) in [6, 6.07) is 6.46.